The number of nitrogens with one attached hydrogen (secondary N) is 2. The van der Waals surface area contributed by atoms with E-state index in [0.29, 0.717) is 5.13 Å². The molecule has 0 aliphatic rings. The number of ether oxygens (including phenoxy) is 1. The van der Waals surface area contributed by atoms with Gasteiger partial charge >= 0.3 is 0 Å². The first-order valence-electron chi connectivity index (χ1n) is 10.6. The number of methoxy groups -OCH3 is 1. The molecule has 1 heterocycles. The van der Waals surface area contributed by atoms with E-state index < -0.39 is 6.04 Å². The zero-order valence-electron chi connectivity index (χ0n) is 18.7. The Balaban J connectivity index is 1.39. The zero-order chi connectivity index (χ0) is 23.4. The van der Waals surface area contributed by atoms with Crippen LogP contribution in [0.15, 0.2) is 66.7 Å². The van der Waals surface area contributed by atoms with Gasteiger partial charge in [0.25, 0.3) is 0 Å². The van der Waals surface area contributed by atoms with E-state index in [0.717, 1.165) is 38.2 Å². The summed E-state index contributed by atoms with van der Waals surface area (Å²) in [6.07, 6.45) is 0.205. The monoisotopic (exact) mass is 459 g/mol. The lowest BCUT2D eigenvalue weighted by Gasteiger charge is -2.13. The molecule has 2 amide bonds. The first kappa shape index (κ1) is 22.5. The highest BCUT2D eigenvalue weighted by atomic mass is 32.1. The lowest BCUT2D eigenvalue weighted by molar-refractivity contribution is -0.125. The molecule has 0 unspecified atom stereocenters. The van der Waals surface area contributed by atoms with Gasteiger partial charge in [-0.1, -0.05) is 42.5 Å². The van der Waals surface area contributed by atoms with Crippen LogP contribution < -0.4 is 15.4 Å². The van der Waals surface area contributed by atoms with Crippen molar-refractivity contribution in [2.75, 3.05) is 12.4 Å². The Morgan fingerprint density at radius 1 is 1.03 bits per heavy atom. The molecule has 4 aromatic rings. The fraction of sp³-hybridized carbons (Fsp3) is 0.192. The molecule has 0 aliphatic carbocycles. The van der Waals surface area contributed by atoms with Gasteiger partial charge in [-0.3, -0.25) is 9.59 Å². The molecule has 168 valence electrons. The number of thiazole rings is 1. The van der Waals surface area contributed by atoms with Crippen LogP contribution in [-0.4, -0.2) is 29.9 Å². The maximum Gasteiger partial charge on any atom is 0.248 e. The lowest BCUT2D eigenvalue weighted by Crippen LogP contribution is -2.42. The highest BCUT2D eigenvalue weighted by Gasteiger charge is 2.19. The average Bonchev–Trinajstić information content (AvgIpc) is 3.19. The van der Waals surface area contributed by atoms with Gasteiger partial charge in [0, 0.05) is 10.4 Å². The average molecular weight is 460 g/mol. The molecule has 1 aromatic heterocycles. The maximum atomic E-state index is 12.7. The van der Waals surface area contributed by atoms with Crippen molar-refractivity contribution in [2.24, 2.45) is 0 Å². The summed E-state index contributed by atoms with van der Waals surface area (Å²) < 4.78 is 5.20. The minimum absolute atomic E-state index is 0.205. The first-order chi connectivity index (χ1) is 15.9. The molecule has 7 heteroatoms. The Labute approximate surface area is 196 Å². The Kier molecular flexibility index (Phi) is 6.70. The Morgan fingerprint density at radius 2 is 1.76 bits per heavy atom. The molecule has 4 rings (SSSR count). The van der Waals surface area contributed by atoms with Gasteiger partial charge in [-0.2, -0.15) is 0 Å². The highest BCUT2D eigenvalue weighted by molar-refractivity contribution is 7.16. The number of aryl methyl sites for hydroxylation is 1. The number of nitrogens with zero attached hydrogens (tertiary/aromatic N) is 1. The summed E-state index contributed by atoms with van der Waals surface area (Å²) in [5, 5.41) is 8.23. The third kappa shape index (κ3) is 5.21. The van der Waals surface area contributed by atoms with Gasteiger partial charge in [0.1, 0.15) is 11.8 Å². The van der Waals surface area contributed by atoms with Crippen LogP contribution in [0.3, 0.4) is 0 Å². The number of aromatic nitrogens is 1. The number of benzene rings is 3. The van der Waals surface area contributed by atoms with Gasteiger partial charge in [-0.15, -0.1) is 11.3 Å². The molecule has 2 N–H and O–H groups in total. The largest absolute Gasteiger partial charge is 0.497 e. The molecular weight excluding hydrogens is 434 g/mol. The van der Waals surface area contributed by atoms with Gasteiger partial charge in [0.2, 0.25) is 11.8 Å². The topological polar surface area (TPSA) is 80.3 Å². The van der Waals surface area contributed by atoms with Crippen LogP contribution in [0.1, 0.15) is 17.4 Å². The minimum atomic E-state index is -0.693. The summed E-state index contributed by atoms with van der Waals surface area (Å²) in [7, 11) is 1.62. The lowest BCUT2D eigenvalue weighted by atomic mass is 10.0. The van der Waals surface area contributed by atoms with Crippen molar-refractivity contribution in [3.05, 3.63) is 77.2 Å². The van der Waals surface area contributed by atoms with Crippen LogP contribution in [0, 0.1) is 6.92 Å². The molecule has 0 saturated heterocycles. The quantitative estimate of drug-likeness (QED) is 0.409. The molecule has 0 aliphatic heterocycles. The van der Waals surface area contributed by atoms with Crippen molar-refractivity contribution < 1.29 is 14.3 Å². The number of carbonyl (C=O) groups is 2. The summed E-state index contributed by atoms with van der Waals surface area (Å²) in [6, 6.07) is 20.8. The molecule has 0 spiro atoms. The van der Waals surface area contributed by atoms with Crippen molar-refractivity contribution in [1.82, 2.24) is 10.3 Å². The van der Waals surface area contributed by atoms with E-state index in [1.807, 2.05) is 73.7 Å². The third-order valence-electron chi connectivity index (χ3n) is 5.39. The van der Waals surface area contributed by atoms with E-state index in [-0.39, 0.29) is 18.2 Å². The maximum absolute atomic E-state index is 12.7. The number of hydrogen-bond donors (Lipinski definition) is 2. The van der Waals surface area contributed by atoms with Crippen LogP contribution in [0.2, 0.25) is 0 Å². The van der Waals surface area contributed by atoms with Crippen LogP contribution in [0.4, 0.5) is 5.13 Å². The van der Waals surface area contributed by atoms with Crippen LogP contribution in [0.5, 0.6) is 5.75 Å². The fourth-order valence-corrected chi connectivity index (χ4v) is 4.50. The molecule has 6 nitrogen and oxygen atoms in total. The van der Waals surface area contributed by atoms with Gasteiger partial charge in [0.15, 0.2) is 5.13 Å². The van der Waals surface area contributed by atoms with Crippen LogP contribution in [0.25, 0.3) is 22.0 Å². The second-order valence-corrected chi connectivity index (χ2v) is 8.95. The molecule has 1 atom stereocenters. The van der Waals surface area contributed by atoms with Gasteiger partial charge in [0.05, 0.1) is 19.2 Å². The molecule has 0 fully saturated rings. The fourth-order valence-electron chi connectivity index (χ4n) is 3.66. The summed E-state index contributed by atoms with van der Waals surface area (Å²) in [4.78, 5) is 30.8. The van der Waals surface area contributed by atoms with Crippen molar-refractivity contribution in [3.63, 3.8) is 0 Å². The predicted molar refractivity (Wildman–Crippen MR) is 133 cm³/mol. The van der Waals surface area contributed by atoms with Crippen molar-refractivity contribution in [3.8, 4) is 17.0 Å². The van der Waals surface area contributed by atoms with Crippen molar-refractivity contribution >= 4 is 39.1 Å². The highest BCUT2D eigenvalue weighted by Crippen LogP contribution is 2.31. The van der Waals surface area contributed by atoms with E-state index in [4.69, 9.17) is 4.74 Å². The molecule has 0 bridgehead atoms. The normalized spacial score (nSPS) is 11.7. The van der Waals surface area contributed by atoms with Crippen LogP contribution in [-0.2, 0) is 16.0 Å². The second kappa shape index (κ2) is 9.83. The zero-order valence-corrected chi connectivity index (χ0v) is 19.5. The molecule has 3 aromatic carbocycles. The summed E-state index contributed by atoms with van der Waals surface area (Å²) in [5.74, 6) is 0.257. The number of hydrogen-bond acceptors (Lipinski definition) is 5. The third-order valence-corrected chi connectivity index (χ3v) is 6.28. The summed E-state index contributed by atoms with van der Waals surface area (Å²) in [5.41, 5.74) is 2.69. The second-order valence-electron chi connectivity index (χ2n) is 7.75. The van der Waals surface area contributed by atoms with E-state index in [9.17, 15) is 9.59 Å². The Hall–Kier alpha value is -3.71. The number of amides is 2. The van der Waals surface area contributed by atoms with Gasteiger partial charge < -0.3 is 15.4 Å². The van der Waals surface area contributed by atoms with Crippen LogP contribution >= 0.6 is 11.3 Å². The predicted octanol–water partition coefficient (Wildman–Crippen LogP) is 4.97. The molecule has 0 radical (unpaired) electrons. The van der Waals surface area contributed by atoms with E-state index in [2.05, 4.69) is 15.6 Å². The smallest absolute Gasteiger partial charge is 0.248 e. The van der Waals surface area contributed by atoms with E-state index in [1.54, 1.807) is 14.0 Å². The van der Waals surface area contributed by atoms with Crippen molar-refractivity contribution in [1.29, 1.82) is 0 Å². The Morgan fingerprint density at radius 3 is 2.52 bits per heavy atom. The standard InChI is InChI=1S/C26H25N3O3S/c1-16(27-23(30)15-20-9-6-8-18-7-4-5-10-22(18)20)25(31)29-26-28-24(17(2)33-26)19-11-13-21(32-3)14-12-19/h4-14,16H,15H2,1-3H3,(H,27,30)(H,28,29,31)/t16-/m0/s1. The summed E-state index contributed by atoms with van der Waals surface area (Å²) in [6.45, 7) is 3.63. The molecular formula is C26H25N3O3S. The number of anilines is 1. The van der Waals surface area contributed by atoms with Gasteiger partial charge in [-0.05, 0) is 54.4 Å². The van der Waals surface area contributed by atoms with E-state index >= 15 is 0 Å². The number of fused-ring (bicyclic) bond motifs is 1. The minimum Gasteiger partial charge on any atom is -0.497 e. The van der Waals surface area contributed by atoms with Crippen molar-refractivity contribution in [2.45, 2.75) is 26.3 Å². The van der Waals surface area contributed by atoms with E-state index in [1.165, 1.54) is 11.3 Å². The summed E-state index contributed by atoms with van der Waals surface area (Å²) >= 11 is 1.40. The van der Waals surface area contributed by atoms with Gasteiger partial charge in [-0.25, -0.2) is 4.98 Å². The SMILES string of the molecule is COc1ccc(-c2nc(NC(=O)[C@H](C)NC(=O)Cc3cccc4ccccc34)sc2C)cc1. The Bertz CT molecular complexity index is 1290. The first-order valence-corrected chi connectivity index (χ1v) is 11.4. The molecule has 33 heavy (non-hydrogen) atoms. The number of rotatable bonds is 7. The molecule has 0 saturated carbocycles. The number of carbonyl (C=O) groups excluding carboxylic acids is 2.